The number of hydrogen-bond donors (Lipinski definition) is 2. The SMILES string of the molecule is CCCCCCCCCCCCCCCC(CCOC(=O)O)OC(=O)O. The summed E-state index contributed by atoms with van der Waals surface area (Å²) in [5.41, 5.74) is 0. The van der Waals surface area contributed by atoms with Gasteiger partial charge in [-0.1, -0.05) is 84.0 Å². The molecule has 0 fully saturated rings. The molecule has 6 nitrogen and oxygen atoms in total. The summed E-state index contributed by atoms with van der Waals surface area (Å²) in [5.74, 6) is 0. The van der Waals surface area contributed by atoms with Crippen LogP contribution in [0.25, 0.3) is 0 Å². The van der Waals surface area contributed by atoms with E-state index in [-0.39, 0.29) is 13.0 Å². The molecule has 0 aromatic carbocycles. The lowest BCUT2D eigenvalue weighted by Gasteiger charge is -2.15. The third-order valence-corrected chi connectivity index (χ3v) is 4.56. The van der Waals surface area contributed by atoms with Crippen LogP contribution in [0, 0.1) is 0 Å². The number of hydrogen-bond acceptors (Lipinski definition) is 4. The number of carboxylic acid groups (broad SMARTS) is 2. The Morgan fingerprint density at radius 1 is 0.692 bits per heavy atom. The molecule has 26 heavy (non-hydrogen) atoms. The summed E-state index contributed by atoms with van der Waals surface area (Å²) in [6, 6.07) is 0. The summed E-state index contributed by atoms with van der Waals surface area (Å²) in [5, 5.41) is 17.1. The minimum absolute atomic E-state index is 0.0360. The van der Waals surface area contributed by atoms with Gasteiger partial charge >= 0.3 is 12.3 Å². The first-order valence-corrected chi connectivity index (χ1v) is 10.3. The smallest absolute Gasteiger partial charge is 0.450 e. The highest BCUT2D eigenvalue weighted by atomic mass is 16.7. The van der Waals surface area contributed by atoms with Crippen LogP contribution in [0.2, 0.25) is 0 Å². The molecule has 0 aromatic rings. The minimum atomic E-state index is -1.35. The standard InChI is InChI=1S/C20H38O6/c1-2-3-4-5-6-7-8-9-10-11-12-13-14-15-18(26-20(23)24)16-17-25-19(21)22/h18H,2-17H2,1H3,(H,21,22)(H,23,24). The third kappa shape index (κ3) is 18.9. The molecule has 0 bridgehead atoms. The van der Waals surface area contributed by atoms with Gasteiger partial charge in [0.15, 0.2) is 0 Å². The lowest BCUT2D eigenvalue weighted by Crippen LogP contribution is -2.19. The van der Waals surface area contributed by atoms with Crippen LogP contribution in [-0.4, -0.2) is 35.2 Å². The van der Waals surface area contributed by atoms with Crippen molar-refractivity contribution in [3.05, 3.63) is 0 Å². The Morgan fingerprint density at radius 2 is 1.15 bits per heavy atom. The second-order valence-corrected chi connectivity index (χ2v) is 6.94. The van der Waals surface area contributed by atoms with Gasteiger partial charge in [0.25, 0.3) is 0 Å². The summed E-state index contributed by atoms with van der Waals surface area (Å²) < 4.78 is 9.20. The zero-order valence-corrected chi connectivity index (χ0v) is 16.4. The van der Waals surface area contributed by atoms with Crippen LogP contribution in [0.4, 0.5) is 9.59 Å². The van der Waals surface area contributed by atoms with Crippen LogP contribution in [-0.2, 0) is 9.47 Å². The zero-order chi connectivity index (χ0) is 19.5. The Hall–Kier alpha value is -1.46. The number of rotatable bonds is 18. The van der Waals surface area contributed by atoms with Crippen molar-refractivity contribution < 1.29 is 29.3 Å². The monoisotopic (exact) mass is 374 g/mol. The van der Waals surface area contributed by atoms with Crippen LogP contribution in [0.15, 0.2) is 0 Å². The van der Waals surface area contributed by atoms with Crippen LogP contribution >= 0.6 is 0 Å². The summed E-state index contributed by atoms with van der Waals surface area (Å²) in [6.45, 7) is 2.21. The third-order valence-electron chi connectivity index (χ3n) is 4.56. The summed E-state index contributed by atoms with van der Waals surface area (Å²) in [4.78, 5) is 21.0. The summed E-state index contributed by atoms with van der Waals surface area (Å²) in [6.07, 6.45) is 14.1. The lowest BCUT2D eigenvalue weighted by molar-refractivity contribution is 0.0280. The summed E-state index contributed by atoms with van der Waals surface area (Å²) >= 11 is 0. The molecule has 0 aliphatic heterocycles. The van der Waals surface area contributed by atoms with Crippen molar-refractivity contribution in [3.63, 3.8) is 0 Å². The van der Waals surface area contributed by atoms with E-state index in [9.17, 15) is 9.59 Å². The van der Waals surface area contributed by atoms with E-state index in [2.05, 4.69) is 11.7 Å². The fourth-order valence-corrected chi connectivity index (χ4v) is 3.07. The highest BCUT2D eigenvalue weighted by Gasteiger charge is 2.14. The van der Waals surface area contributed by atoms with Gasteiger partial charge in [0, 0.05) is 6.42 Å². The maximum atomic E-state index is 10.7. The van der Waals surface area contributed by atoms with Gasteiger partial charge in [0.1, 0.15) is 6.10 Å². The van der Waals surface area contributed by atoms with Gasteiger partial charge < -0.3 is 19.7 Å². The molecule has 0 saturated carbocycles. The Balaban J connectivity index is 3.48. The van der Waals surface area contributed by atoms with Crippen molar-refractivity contribution in [2.24, 2.45) is 0 Å². The van der Waals surface area contributed by atoms with E-state index in [0.29, 0.717) is 6.42 Å². The van der Waals surface area contributed by atoms with Gasteiger partial charge in [-0.15, -0.1) is 0 Å². The Bertz CT molecular complexity index is 345. The largest absolute Gasteiger partial charge is 0.506 e. The Kier molecular flexibility index (Phi) is 17.3. The van der Waals surface area contributed by atoms with Gasteiger partial charge in [-0.3, -0.25) is 0 Å². The van der Waals surface area contributed by atoms with Gasteiger partial charge in [0.05, 0.1) is 6.61 Å². The normalized spacial score (nSPS) is 11.9. The van der Waals surface area contributed by atoms with Crippen molar-refractivity contribution in [3.8, 4) is 0 Å². The van der Waals surface area contributed by atoms with Crippen LogP contribution in [0.1, 0.15) is 103 Å². The molecule has 0 aliphatic carbocycles. The van der Waals surface area contributed by atoms with E-state index in [1.807, 2.05) is 0 Å². The molecule has 1 unspecified atom stereocenters. The molecule has 0 spiro atoms. The number of ether oxygens (including phenoxy) is 2. The number of carbonyl (C=O) groups is 2. The van der Waals surface area contributed by atoms with Crippen molar-refractivity contribution >= 4 is 12.3 Å². The second-order valence-electron chi connectivity index (χ2n) is 6.94. The summed E-state index contributed by atoms with van der Waals surface area (Å²) in [7, 11) is 0. The maximum Gasteiger partial charge on any atom is 0.506 e. The quantitative estimate of drug-likeness (QED) is 0.207. The predicted molar refractivity (Wildman–Crippen MR) is 102 cm³/mol. The average Bonchev–Trinajstić information content (AvgIpc) is 2.58. The van der Waals surface area contributed by atoms with E-state index >= 15 is 0 Å². The molecule has 0 aromatic heterocycles. The van der Waals surface area contributed by atoms with Crippen molar-refractivity contribution in [2.75, 3.05) is 6.61 Å². The molecular weight excluding hydrogens is 336 g/mol. The molecule has 6 heteroatoms. The molecule has 0 radical (unpaired) electrons. The number of unbranched alkanes of at least 4 members (excludes halogenated alkanes) is 12. The molecular formula is C20H38O6. The maximum absolute atomic E-state index is 10.7. The van der Waals surface area contributed by atoms with E-state index in [0.717, 1.165) is 19.3 Å². The second kappa shape index (κ2) is 18.3. The first-order valence-electron chi connectivity index (χ1n) is 10.3. The molecule has 2 N–H and O–H groups in total. The Morgan fingerprint density at radius 3 is 1.58 bits per heavy atom. The minimum Gasteiger partial charge on any atom is -0.450 e. The molecule has 0 rings (SSSR count). The first kappa shape index (κ1) is 24.5. The van der Waals surface area contributed by atoms with Gasteiger partial charge in [-0.25, -0.2) is 9.59 Å². The van der Waals surface area contributed by atoms with Crippen LogP contribution in [0.5, 0.6) is 0 Å². The van der Waals surface area contributed by atoms with Gasteiger partial charge in [-0.05, 0) is 12.8 Å². The molecule has 154 valence electrons. The van der Waals surface area contributed by atoms with Gasteiger partial charge in [0.2, 0.25) is 0 Å². The van der Waals surface area contributed by atoms with E-state index in [4.69, 9.17) is 14.9 Å². The van der Waals surface area contributed by atoms with E-state index in [1.165, 1.54) is 64.2 Å². The Labute approximate surface area is 158 Å². The molecule has 0 heterocycles. The van der Waals surface area contributed by atoms with Crippen molar-refractivity contribution in [1.82, 2.24) is 0 Å². The van der Waals surface area contributed by atoms with E-state index < -0.39 is 18.4 Å². The lowest BCUT2D eigenvalue weighted by atomic mass is 10.0. The molecule has 0 amide bonds. The van der Waals surface area contributed by atoms with E-state index in [1.54, 1.807) is 0 Å². The first-order chi connectivity index (χ1) is 12.6. The van der Waals surface area contributed by atoms with Crippen LogP contribution in [0.3, 0.4) is 0 Å². The van der Waals surface area contributed by atoms with Crippen molar-refractivity contribution in [1.29, 1.82) is 0 Å². The highest BCUT2D eigenvalue weighted by Crippen LogP contribution is 2.15. The average molecular weight is 375 g/mol. The molecule has 0 saturated heterocycles. The fourth-order valence-electron chi connectivity index (χ4n) is 3.07. The fraction of sp³-hybridized carbons (Fsp3) is 0.900. The molecule has 0 aliphatic rings. The molecule has 1 atom stereocenters. The highest BCUT2D eigenvalue weighted by molar-refractivity contribution is 5.57. The topological polar surface area (TPSA) is 93.1 Å². The zero-order valence-electron chi connectivity index (χ0n) is 16.4. The van der Waals surface area contributed by atoms with Gasteiger partial charge in [-0.2, -0.15) is 0 Å². The van der Waals surface area contributed by atoms with Crippen molar-refractivity contribution in [2.45, 2.75) is 109 Å². The predicted octanol–water partition coefficient (Wildman–Crippen LogP) is 6.62. The van der Waals surface area contributed by atoms with Crippen LogP contribution < -0.4 is 0 Å².